The first-order chi connectivity index (χ1) is 8.30. The van der Waals surface area contributed by atoms with Crippen LogP contribution in [0.2, 0.25) is 0 Å². The van der Waals surface area contributed by atoms with Crippen molar-refractivity contribution in [3.05, 3.63) is 12.7 Å². The molecule has 1 N–H and O–H groups in total. The van der Waals surface area contributed by atoms with Gasteiger partial charge in [-0.15, -0.1) is 0 Å². The van der Waals surface area contributed by atoms with Gasteiger partial charge in [0.15, 0.2) is 0 Å². The fourth-order valence-corrected chi connectivity index (χ4v) is 0.986. The average Bonchev–Trinajstić information content (AvgIpc) is 2.24. The fourth-order valence-electron chi connectivity index (χ4n) is 0.986. The molecule has 8 heteroatoms. The minimum Gasteiger partial charge on any atom is -0.464 e. The maximum absolute atomic E-state index is 12.2. The molecule has 0 aromatic carbocycles. The number of ether oxygens (including phenoxy) is 2. The van der Waals surface area contributed by atoms with Crippen molar-refractivity contribution in [1.82, 2.24) is 5.32 Å². The van der Waals surface area contributed by atoms with Crippen LogP contribution in [0.1, 0.15) is 13.3 Å². The van der Waals surface area contributed by atoms with Crippen molar-refractivity contribution in [2.24, 2.45) is 0 Å². The lowest BCUT2D eigenvalue weighted by Crippen LogP contribution is -2.44. The molecule has 1 amide bonds. The molecule has 0 saturated carbocycles. The topological polar surface area (TPSA) is 64.6 Å². The zero-order valence-corrected chi connectivity index (χ0v) is 9.75. The van der Waals surface area contributed by atoms with Crippen molar-refractivity contribution >= 4 is 12.1 Å². The molecule has 0 fully saturated rings. The van der Waals surface area contributed by atoms with Crippen LogP contribution in [0.15, 0.2) is 12.7 Å². The molecule has 0 radical (unpaired) electrons. The summed E-state index contributed by atoms with van der Waals surface area (Å²) in [4.78, 5) is 22.3. The number of esters is 1. The summed E-state index contributed by atoms with van der Waals surface area (Å²) in [6, 6.07) is -1.82. The summed E-state index contributed by atoms with van der Waals surface area (Å²) < 4.78 is 45.4. The van der Waals surface area contributed by atoms with Gasteiger partial charge in [0.25, 0.3) is 0 Å². The van der Waals surface area contributed by atoms with Gasteiger partial charge in [0.05, 0.1) is 13.0 Å². The molecule has 0 rings (SSSR count). The maximum Gasteiger partial charge on any atom is 0.408 e. The Bertz CT molecular complexity index is 304. The van der Waals surface area contributed by atoms with Gasteiger partial charge in [0.1, 0.15) is 12.6 Å². The molecular formula is C10H14F3NO4. The Morgan fingerprint density at radius 2 is 2.00 bits per heavy atom. The van der Waals surface area contributed by atoms with E-state index in [0.29, 0.717) is 0 Å². The molecule has 0 spiro atoms. The largest absolute Gasteiger partial charge is 0.464 e. The Kier molecular flexibility index (Phi) is 6.84. The molecule has 0 aliphatic heterocycles. The van der Waals surface area contributed by atoms with Crippen LogP contribution in [0.5, 0.6) is 0 Å². The fraction of sp³-hybridized carbons (Fsp3) is 0.600. The van der Waals surface area contributed by atoms with Crippen LogP contribution in [0, 0.1) is 0 Å². The summed E-state index contributed by atoms with van der Waals surface area (Å²) in [6.07, 6.45) is -6.03. The highest BCUT2D eigenvalue weighted by Gasteiger charge is 2.37. The van der Waals surface area contributed by atoms with Crippen molar-refractivity contribution in [1.29, 1.82) is 0 Å². The van der Waals surface area contributed by atoms with Crippen molar-refractivity contribution in [2.45, 2.75) is 25.6 Å². The Balaban J connectivity index is 4.51. The number of hydrogen-bond acceptors (Lipinski definition) is 4. The van der Waals surface area contributed by atoms with E-state index in [2.05, 4.69) is 16.1 Å². The van der Waals surface area contributed by atoms with E-state index < -0.39 is 30.7 Å². The highest BCUT2D eigenvalue weighted by atomic mass is 19.4. The highest BCUT2D eigenvalue weighted by molar-refractivity contribution is 5.81. The SMILES string of the molecule is C=CCOC(=O)NC(CC(F)(F)F)C(=O)OCC. The monoisotopic (exact) mass is 269 g/mol. The number of alkyl halides is 3. The molecule has 5 nitrogen and oxygen atoms in total. The Hall–Kier alpha value is -1.73. The highest BCUT2D eigenvalue weighted by Crippen LogP contribution is 2.22. The number of hydrogen-bond donors (Lipinski definition) is 1. The van der Waals surface area contributed by atoms with E-state index in [-0.39, 0.29) is 13.2 Å². The molecule has 0 aliphatic carbocycles. The van der Waals surface area contributed by atoms with Gasteiger partial charge in [0.2, 0.25) is 0 Å². The number of nitrogens with one attached hydrogen (secondary N) is 1. The van der Waals surface area contributed by atoms with Gasteiger partial charge < -0.3 is 14.8 Å². The van der Waals surface area contributed by atoms with Crippen LogP contribution in [-0.2, 0) is 14.3 Å². The second-order valence-corrected chi connectivity index (χ2v) is 3.16. The van der Waals surface area contributed by atoms with E-state index in [1.54, 1.807) is 5.32 Å². The summed E-state index contributed by atoms with van der Waals surface area (Å²) in [7, 11) is 0. The number of carbonyl (C=O) groups excluding carboxylic acids is 2. The molecule has 0 aliphatic rings. The number of rotatable bonds is 6. The van der Waals surface area contributed by atoms with Crippen LogP contribution in [-0.4, -0.2) is 37.5 Å². The van der Waals surface area contributed by atoms with Gasteiger partial charge in [0, 0.05) is 0 Å². The van der Waals surface area contributed by atoms with Crippen LogP contribution < -0.4 is 5.32 Å². The van der Waals surface area contributed by atoms with Gasteiger partial charge in [-0.2, -0.15) is 13.2 Å². The van der Waals surface area contributed by atoms with E-state index in [1.807, 2.05) is 0 Å². The van der Waals surface area contributed by atoms with Gasteiger partial charge in [-0.3, -0.25) is 0 Å². The van der Waals surface area contributed by atoms with Crippen LogP contribution in [0.3, 0.4) is 0 Å². The molecule has 0 bridgehead atoms. The molecular weight excluding hydrogens is 255 g/mol. The standard InChI is InChI=1S/C10H14F3NO4/c1-3-5-18-9(16)14-7(6-10(11,12)13)8(15)17-4-2/h3,7H,1,4-6H2,2H3,(H,14,16). The lowest BCUT2D eigenvalue weighted by Gasteiger charge is -2.18. The minimum atomic E-state index is -4.61. The van der Waals surface area contributed by atoms with Gasteiger partial charge >= 0.3 is 18.2 Å². The third kappa shape index (κ3) is 7.53. The van der Waals surface area contributed by atoms with E-state index in [1.165, 1.54) is 13.0 Å². The van der Waals surface area contributed by atoms with Crippen molar-refractivity contribution in [2.75, 3.05) is 13.2 Å². The number of alkyl carbamates (subject to hydrolysis) is 1. The lowest BCUT2D eigenvalue weighted by molar-refractivity contribution is -0.161. The van der Waals surface area contributed by atoms with Gasteiger partial charge in [-0.1, -0.05) is 12.7 Å². The van der Waals surface area contributed by atoms with E-state index in [9.17, 15) is 22.8 Å². The first-order valence-electron chi connectivity index (χ1n) is 5.07. The predicted octanol–water partition coefficient (Wildman–Crippen LogP) is 1.78. The smallest absolute Gasteiger partial charge is 0.408 e. The van der Waals surface area contributed by atoms with E-state index in [4.69, 9.17) is 0 Å². The average molecular weight is 269 g/mol. The molecule has 0 aromatic rings. The van der Waals surface area contributed by atoms with Crippen LogP contribution in [0.4, 0.5) is 18.0 Å². The molecule has 0 saturated heterocycles. The summed E-state index contributed by atoms with van der Waals surface area (Å²) in [5.41, 5.74) is 0. The number of carbonyl (C=O) groups is 2. The van der Waals surface area contributed by atoms with Gasteiger partial charge in [-0.25, -0.2) is 9.59 Å². The lowest BCUT2D eigenvalue weighted by atomic mass is 10.2. The normalized spacial score (nSPS) is 12.4. The second kappa shape index (κ2) is 7.57. The quantitative estimate of drug-likeness (QED) is 0.589. The summed E-state index contributed by atoms with van der Waals surface area (Å²) >= 11 is 0. The second-order valence-electron chi connectivity index (χ2n) is 3.16. The third-order valence-corrected chi connectivity index (χ3v) is 1.63. The molecule has 18 heavy (non-hydrogen) atoms. The Morgan fingerprint density at radius 3 is 2.44 bits per heavy atom. The molecule has 1 unspecified atom stereocenters. The van der Waals surface area contributed by atoms with Crippen molar-refractivity contribution < 1.29 is 32.2 Å². The molecule has 104 valence electrons. The van der Waals surface area contributed by atoms with Crippen LogP contribution in [0.25, 0.3) is 0 Å². The molecule has 0 heterocycles. The zero-order valence-electron chi connectivity index (χ0n) is 9.75. The minimum absolute atomic E-state index is 0.0867. The zero-order chi connectivity index (χ0) is 14.2. The summed E-state index contributed by atoms with van der Waals surface area (Å²) in [5, 5.41) is 1.79. The van der Waals surface area contributed by atoms with Gasteiger partial charge in [-0.05, 0) is 6.92 Å². The summed E-state index contributed by atoms with van der Waals surface area (Å²) in [6.45, 7) is 4.44. The number of halogens is 3. The Morgan fingerprint density at radius 1 is 1.39 bits per heavy atom. The first kappa shape index (κ1) is 16.3. The van der Waals surface area contributed by atoms with E-state index in [0.717, 1.165) is 0 Å². The number of amides is 1. The predicted molar refractivity (Wildman–Crippen MR) is 55.8 cm³/mol. The van der Waals surface area contributed by atoms with E-state index >= 15 is 0 Å². The first-order valence-corrected chi connectivity index (χ1v) is 5.07. The third-order valence-electron chi connectivity index (χ3n) is 1.63. The van der Waals surface area contributed by atoms with Crippen molar-refractivity contribution in [3.63, 3.8) is 0 Å². The molecule has 0 aromatic heterocycles. The van der Waals surface area contributed by atoms with Crippen LogP contribution >= 0.6 is 0 Å². The molecule has 1 atom stereocenters. The maximum atomic E-state index is 12.2. The summed E-state index contributed by atoms with van der Waals surface area (Å²) in [5.74, 6) is -1.16. The van der Waals surface area contributed by atoms with Crippen molar-refractivity contribution in [3.8, 4) is 0 Å². The Labute approximate surface area is 102 Å².